The Morgan fingerprint density at radius 3 is 2.50 bits per heavy atom. The van der Waals surface area contributed by atoms with Crippen molar-refractivity contribution >= 4 is 5.69 Å². The molecule has 0 aliphatic heterocycles. The quantitative estimate of drug-likeness (QED) is 0.749. The van der Waals surface area contributed by atoms with Gasteiger partial charge in [-0.05, 0) is 42.9 Å². The van der Waals surface area contributed by atoms with Crippen LogP contribution in [0.1, 0.15) is 62.2 Å². The molecular formula is C14H21NO. The highest BCUT2D eigenvalue weighted by molar-refractivity contribution is 5.51. The second-order valence-electron chi connectivity index (χ2n) is 4.90. The first kappa shape index (κ1) is 11.5. The minimum absolute atomic E-state index is 0.428. The van der Waals surface area contributed by atoms with E-state index in [1.807, 2.05) is 12.1 Å². The summed E-state index contributed by atoms with van der Waals surface area (Å²) in [6.45, 7) is 1.77. The second kappa shape index (κ2) is 4.88. The molecule has 88 valence electrons. The van der Waals surface area contributed by atoms with Gasteiger partial charge in [-0.1, -0.05) is 31.4 Å². The fourth-order valence-corrected chi connectivity index (χ4v) is 2.64. The highest BCUT2D eigenvalue weighted by atomic mass is 16.3. The van der Waals surface area contributed by atoms with Crippen LogP contribution in [0.4, 0.5) is 5.69 Å². The minimum Gasteiger partial charge on any atom is -0.398 e. The third-order valence-electron chi connectivity index (χ3n) is 3.64. The average Bonchev–Trinajstić information content (AvgIpc) is 2.30. The second-order valence-corrected chi connectivity index (χ2v) is 4.90. The molecule has 2 rings (SSSR count). The Bertz CT molecular complexity index is 354. The molecule has 1 aromatic carbocycles. The van der Waals surface area contributed by atoms with Crippen molar-refractivity contribution in [3.05, 3.63) is 29.3 Å². The van der Waals surface area contributed by atoms with Gasteiger partial charge in [-0.3, -0.25) is 0 Å². The SMILES string of the molecule is CC(O)c1ccc(C2CCCCC2)c(N)c1. The van der Waals surface area contributed by atoms with E-state index in [0.29, 0.717) is 5.92 Å². The summed E-state index contributed by atoms with van der Waals surface area (Å²) >= 11 is 0. The van der Waals surface area contributed by atoms with Crippen LogP contribution >= 0.6 is 0 Å². The van der Waals surface area contributed by atoms with E-state index in [0.717, 1.165) is 11.3 Å². The van der Waals surface area contributed by atoms with Gasteiger partial charge in [0.1, 0.15) is 0 Å². The van der Waals surface area contributed by atoms with Gasteiger partial charge in [-0.25, -0.2) is 0 Å². The molecule has 0 saturated heterocycles. The highest BCUT2D eigenvalue weighted by Gasteiger charge is 2.18. The maximum Gasteiger partial charge on any atom is 0.0762 e. The lowest BCUT2D eigenvalue weighted by Gasteiger charge is -2.23. The number of benzene rings is 1. The van der Waals surface area contributed by atoms with Gasteiger partial charge in [0.2, 0.25) is 0 Å². The molecule has 0 radical (unpaired) electrons. The molecule has 1 unspecified atom stereocenters. The first-order valence-electron chi connectivity index (χ1n) is 6.26. The molecule has 1 saturated carbocycles. The molecule has 0 amide bonds. The van der Waals surface area contributed by atoms with Gasteiger partial charge in [0.15, 0.2) is 0 Å². The predicted molar refractivity (Wildman–Crippen MR) is 67.3 cm³/mol. The molecule has 0 spiro atoms. The van der Waals surface area contributed by atoms with Crippen molar-refractivity contribution in [1.29, 1.82) is 0 Å². The molecule has 0 heterocycles. The van der Waals surface area contributed by atoms with Gasteiger partial charge in [-0.15, -0.1) is 0 Å². The van der Waals surface area contributed by atoms with Crippen molar-refractivity contribution < 1.29 is 5.11 Å². The van der Waals surface area contributed by atoms with Crippen LogP contribution in [0.5, 0.6) is 0 Å². The Labute approximate surface area is 97.5 Å². The minimum atomic E-state index is -0.428. The molecule has 16 heavy (non-hydrogen) atoms. The van der Waals surface area contributed by atoms with Gasteiger partial charge in [0.25, 0.3) is 0 Å². The van der Waals surface area contributed by atoms with E-state index in [1.165, 1.54) is 37.7 Å². The fourth-order valence-electron chi connectivity index (χ4n) is 2.64. The summed E-state index contributed by atoms with van der Waals surface area (Å²) in [5.41, 5.74) is 9.13. The van der Waals surface area contributed by atoms with Crippen LogP contribution in [0.2, 0.25) is 0 Å². The Morgan fingerprint density at radius 1 is 1.25 bits per heavy atom. The highest BCUT2D eigenvalue weighted by Crippen LogP contribution is 2.36. The van der Waals surface area contributed by atoms with Crippen molar-refractivity contribution in [3.63, 3.8) is 0 Å². The van der Waals surface area contributed by atoms with E-state index in [4.69, 9.17) is 5.73 Å². The molecule has 1 aliphatic carbocycles. The summed E-state index contributed by atoms with van der Waals surface area (Å²) in [6.07, 6.45) is 6.10. The number of nitrogen functional groups attached to an aromatic ring is 1. The van der Waals surface area contributed by atoms with Crippen LogP contribution in [0.3, 0.4) is 0 Å². The van der Waals surface area contributed by atoms with E-state index in [1.54, 1.807) is 6.92 Å². The van der Waals surface area contributed by atoms with Crippen LogP contribution in [-0.4, -0.2) is 5.11 Å². The van der Waals surface area contributed by atoms with Gasteiger partial charge >= 0.3 is 0 Å². The Kier molecular flexibility index (Phi) is 3.49. The maximum atomic E-state index is 9.49. The van der Waals surface area contributed by atoms with Crippen molar-refractivity contribution in [2.24, 2.45) is 0 Å². The van der Waals surface area contributed by atoms with E-state index >= 15 is 0 Å². The summed E-state index contributed by atoms with van der Waals surface area (Å²) in [6, 6.07) is 6.03. The fraction of sp³-hybridized carbons (Fsp3) is 0.571. The predicted octanol–water partition coefficient (Wildman–Crippen LogP) is 3.37. The Morgan fingerprint density at radius 2 is 1.94 bits per heavy atom. The van der Waals surface area contributed by atoms with Gasteiger partial charge in [0.05, 0.1) is 6.10 Å². The van der Waals surface area contributed by atoms with Gasteiger partial charge in [0, 0.05) is 5.69 Å². The Balaban J connectivity index is 2.21. The summed E-state index contributed by atoms with van der Waals surface area (Å²) in [4.78, 5) is 0. The monoisotopic (exact) mass is 219 g/mol. The van der Waals surface area contributed by atoms with E-state index < -0.39 is 6.10 Å². The van der Waals surface area contributed by atoms with Crippen LogP contribution in [0.15, 0.2) is 18.2 Å². The molecule has 2 heteroatoms. The summed E-state index contributed by atoms with van der Waals surface area (Å²) in [5, 5.41) is 9.49. The van der Waals surface area contributed by atoms with E-state index in [2.05, 4.69) is 6.07 Å². The molecule has 1 aromatic rings. The summed E-state index contributed by atoms with van der Waals surface area (Å²) in [5.74, 6) is 0.636. The lowest BCUT2D eigenvalue weighted by Crippen LogP contribution is -2.08. The van der Waals surface area contributed by atoms with Gasteiger partial charge in [-0.2, -0.15) is 0 Å². The number of hydrogen-bond donors (Lipinski definition) is 2. The topological polar surface area (TPSA) is 46.2 Å². The van der Waals surface area contributed by atoms with Crippen molar-refractivity contribution in [2.75, 3.05) is 5.73 Å². The molecule has 1 fully saturated rings. The number of aliphatic hydroxyl groups excluding tert-OH is 1. The average molecular weight is 219 g/mol. The molecule has 1 aliphatic rings. The lowest BCUT2D eigenvalue weighted by molar-refractivity contribution is 0.199. The molecule has 1 atom stereocenters. The molecule has 0 bridgehead atoms. The van der Waals surface area contributed by atoms with Crippen LogP contribution in [0, 0.1) is 0 Å². The molecule has 0 aromatic heterocycles. The Hall–Kier alpha value is -1.02. The summed E-state index contributed by atoms with van der Waals surface area (Å²) in [7, 11) is 0. The first-order valence-corrected chi connectivity index (χ1v) is 6.26. The van der Waals surface area contributed by atoms with Crippen LogP contribution in [-0.2, 0) is 0 Å². The number of aliphatic hydroxyl groups is 1. The number of rotatable bonds is 2. The molecule has 2 nitrogen and oxygen atoms in total. The maximum absolute atomic E-state index is 9.49. The zero-order chi connectivity index (χ0) is 11.5. The standard InChI is InChI=1S/C14H21NO/c1-10(16)12-7-8-13(14(15)9-12)11-5-3-2-4-6-11/h7-11,16H,2-6,15H2,1H3. The normalized spacial score (nSPS) is 19.6. The van der Waals surface area contributed by atoms with E-state index in [-0.39, 0.29) is 0 Å². The third kappa shape index (κ3) is 2.38. The zero-order valence-electron chi connectivity index (χ0n) is 9.95. The summed E-state index contributed by atoms with van der Waals surface area (Å²) < 4.78 is 0. The van der Waals surface area contributed by atoms with Crippen molar-refractivity contribution in [1.82, 2.24) is 0 Å². The van der Waals surface area contributed by atoms with Gasteiger partial charge < -0.3 is 10.8 Å². The van der Waals surface area contributed by atoms with Crippen LogP contribution < -0.4 is 5.73 Å². The molecule has 3 N–H and O–H groups in total. The largest absolute Gasteiger partial charge is 0.398 e. The zero-order valence-corrected chi connectivity index (χ0v) is 9.95. The number of hydrogen-bond acceptors (Lipinski definition) is 2. The first-order chi connectivity index (χ1) is 7.68. The molecular weight excluding hydrogens is 198 g/mol. The van der Waals surface area contributed by atoms with Crippen LogP contribution in [0.25, 0.3) is 0 Å². The van der Waals surface area contributed by atoms with Crippen molar-refractivity contribution in [2.45, 2.75) is 51.0 Å². The third-order valence-corrected chi connectivity index (χ3v) is 3.64. The number of anilines is 1. The van der Waals surface area contributed by atoms with E-state index in [9.17, 15) is 5.11 Å². The smallest absolute Gasteiger partial charge is 0.0762 e. The lowest BCUT2D eigenvalue weighted by atomic mass is 9.83. The van der Waals surface area contributed by atoms with Crippen molar-refractivity contribution in [3.8, 4) is 0 Å². The number of nitrogens with two attached hydrogens (primary N) is 1.